The number of nitrogens with one attached hydrogen (secondary N) is 2. The molecule has 10 heteroatoms. The average Bonchev–Trinajstić information content (AvgIpc) is 2.71. The molecule has 31 heavy (non-hydrogen) atoms. The molecule has 2 aromatic carbocycles. The first-order valence-corrected chi connectivity index (χ1v) is 10.7. The van der Waals surface area contributed by atoms with E-state index in [-0.39, 0.29) is 36.3 Å². The van der Waals surface area contributed by atoms with Gasteiger partial charge in [-0.05, 0) is 42.5 Å². The van der Waals surface area contributed by atoms with E-state index in [9.17, 15) is 18.3 Å². The standard InChI is InChI=1S/C21H23N3O4S.2ClH/c1-15(13-23-20(21(25)26)11-16-5-3-2-4-6-16)24-29(27,28)19-8-7-18-14-22-10-9-17(18)12-19;;/h2-10,12,14-15,20,23-24H,11,13H2,1H3,(H,25,26);2*1H/t15-,20+;;/m1../s1. The largest absolute Gasteiger partial charge is 0.480 e. The Kier molecular flexibility index (Phi) is 10.4. The number of carbonyl (C=O) groups is 1. The highest BCUT2D eigenvalue weighted by atomic mass is 35.5. The molecule has 0 amide bonds. The first kappa shape index (κ1) is 26.8. The van der Waals surface area contributed by atoms with E-state index < -0.39 is 28.1 Å². The first-order valence-electron chi connectivity index (χ1n) is 9.21. The van der Waals surface area contributed by atoms with Crippen molar-refractivity contribution < 1.29 is 18.3 Å². The van der Waals surface area contributed by atoms with Crippen molar-refractivity contribution in [3.63, 3.8) is 0 Å². The van der Waals surface area contributed by atoms with Gasteiger partial charge in [0.05, 0.1) is 4.90 Å². The smallest absolute Gasteiger partial charge is 0.321 e. The highest BCUT2D eigenvalue weighted by Gasteiger charge is 2.21. The summed E-state index contributed by atoms with van der Waals surface area (Å²) in [5.41, 5.74) is 0.895. The van der Waals surface area contributed by atoms with Gasteiger partial charge in [-0.15, -0.1) is 24.8 Å². The molecular formula is C21H25Cl2N3O4S. The third-order valence-electron chi connectivity index (χ3n) is 4.53. The van der Waals surface area contributed by atoms with E-state index in [1.807, 2.05) is 30.3 Å². The molecule has 1 aromatic heterocycles. The molecule has 0 radical (unpaired) electrons. The van der Waals surface area contributed by atoms with Crippen molar-refractivity contribution in [2.75, 3.05) is 6.54 Å². The molecule has 2 atom stereocenters. The van der Waals surface area contributed by atoms with Gasteiger partial charge in [-0.2, -0.15) is 0 Å². The number of sulfonamides is 1. The Bertz CT molecular complexity index is 1100. The molecule has 7 nitrogen and oxygen atoms in total. The van der Waals surface area contributed by atoms with E-state index in [0.717, 1.165) is 16.3 Å². The number of fused-ring (bicyclic) bond motifs is 1. The maximum atomic E-state index is 12.7. The third-order valence-corrected chi connectivity index (χ3v) is 6.12. The molecule has 0 aliphatic carbocycles. The van der Waals surface area contributed by atoms with Crippen molar-refractivity contribution >= 4 is 51.6 Å². The number of hydrogen-bond donors (Lipinski definition) is 3. The molecule has 3 N–H and O–H groups in total. The van der Waals surface area contributed by atoms with E-state index in [2.05, 4.69) is 15.0 Å². The lowest BCUT2D eigenvalue weighted by Gasteiger charge is -2.19. The highest BCUT2D eigenvalue weighted by molar-refractivity contribution is 7.89. The number of halogens is 2. The lowest BCUT2D eigenvalue weighted by Crippen LogP contribution is -2.46. The Hall–Kier alpha value is -2.23. The monoisotopic (exact) mass is 485 g/mol. The number of hydrogen-bond acceptors (Lipinski definition) is 5. The van der Waals surface area contributed by atoms with Gasteiger partial charge in [-0.3, -0.25) is 9.78 Å². The molecule has 0 aliphatic heterocycles. The summed E-state index contributed by atoms with van der Waals surface area (Å²) in [7, 11) is -3.74. The van der Waals surface area contributed by atoms with Crippen LogP contribution in [0.3, 0.4) is 0 Å². The fourth-order valence-electron chi connectivity index (χ4n) is 3.02. The van der Waals surface area contributed by atoms with Crippen LogP contribution in [0, 0.1) is 0 Å². The van der Waals surface area contributed by atoms with Gasteiger partial charge in [0.1, 0.15) is 6.04 Å². The van der Waals surface area contributed by atoms with E-state index in [0.29, 0.717) is 6.42 Å². The zero-order valence-electron chi connectivity index (χ0n) is 16.8. The summed E-state index contributed by atoms with van der Waals surface area (Å²) < 4.78 is 28.0. The molecule has 0 bridgehead atoms. The average molecular weight is 486 g/mol. The molecule has 0 fully saturated rings. The topological polar surface area (TPSA) is 108 Å². The number of benzene rings is 2. The molecule has 0 spiro atoms. The first-order chi connectivity index (χ1) is 13.8. The number of rotatable bonds is 9. The fraction of sp³-hybridized carbons (Fsp3) is 0.238. The predicted octanol–water partition coefficient (Wildman–Crippen LogP) is 3.03. The number of nitrogens with zero attached hydrogens (tertiary/aromatic N) is 1. The van der Waals surface area contributed by atoms with Gasteiger partial charge in [-0.1, -0.05) is 36.4 Å². The van der Waals surface area contributed by atoms with E-state index >= 15 is 0 Å². The lowest BCUT2D eigenvalue weighted by molar-refractivity contribution is -0.139. The van der Waals surface area contributed by atoms with Crippen LogP contribution in [-0.2, 0) is 21.2 Å². The highest BCUT2D eigenvalue weighted by Crippen LogP contribution is 2.18. The summed E-state index contributed by atoms with van der Waals surface area (Å²) in [5, 5.41) is 14.0. The van der Waals surface area contributed by atoms with Crippen LogP contribution in [0.1, 0.15) is 12.5 Å². The maximum Gasteiger partial charge on any atom is 0.321 e. The Balaban J connectivity index is 0.00000240. The van der Waals surface area contributed by atoms with Crippen LogP contribution in [0.4, 0.5) is 0 Å². The minimum Gasteiger partial charge on any atom is -0.480 e. The van der Waals surface area contributed by atoms with Gasteiger partial charge in [0, 0.05) is 30.4 Å². The van der Waals surface area contributed by atoms with Gasteiger partial charge >= 0.3 is 5.97 Å². The van der Waals surface area contributed by atoms with Crippen LogP contribution in [0.2, 0.25) is 0 Å². The summed E-state index contributed by atoms with van der Waals surface area (Å²) in [6.45, 7) is 1.87. The molecule has 1 heterocycles. The number of aromatic nitrogens is 1. The summed E-state index contributed by atoms with van der Waals surface area (Å²) in [6, 6.07) is 14.6. The minimum absolute atomic E-state index is 0. The molecule has 0 aliphatic rings. The number of carboxylic acids is 1. The zero-order chi connectivity index (χ0) is 20.9. The summed E-state index contributed by atoms with van der Waals surface area (Å²) >= 11 is 0. The van der Waals surface area contributed by atoms with Crippen molar-refractivity contribution in [2.45, 2.75) is 30.3 Å². The zero-order valence-corrected chi connectivity index (χ0v) is 19.2. The van der Waals surface area contributed by atoms with Crippen molar-refractivity contribution in [1.82, 2.24) is 15.0 Å². The molecule has 0 saturated carbocycles. The second-order valence-electron chi connectivity index (χ2n) is 6.90. The molecule has 168 valence electrons. The van der Waals surface area contributed by atoms with Crippen molar-refractivity contribution in [3.05, 3.63) is 72.6 Å². The Morgan fingerprint density at radius 1 is 1.06 bits per heavy atom. The fourth-order valence-corrected chi connectivity index (χ4v) is 4.30. The molecular weight excluding hydrogens is 461 g/mol. The molecule has 3 aromatic rings. The van der Waals surface area contributed by atoms with Crippen LogP contribution in [0.25, 0.3) is 10.8 Å². The maximum absolute atomic E-state index is 12.7. The minimum atomic E-state index is -3.74. The summed E-state index contributed by atoms with van der Waals surface area (Å²) in [5.74, 6) is -0.980. The molecule has 3 rings (SSSR count). The van der Waals surface area contributed by atoms with Gasteiger partial charge in [-0.25, -0.2) is 13.1 Å². The summed E-state index contributed by atoms with van der Waals surface area (Å²) in [6.07, 6.45) is 3.59. The van der Waals surface area contributed by atoms with E-state index in [4.69, 9.17) is 0 Å². The Labute approximate surface area is 194 Å². The van der Waals surface area contributed by atoms with E-state index in [1.54, 1.807) is 37.5 Å². The van der Waals surface area contributed by atoms with E-state index in [1.165, 1.54) is 6.07 Å². The van der Waals surface area contributed by atoms with Crippen molar-refractivity contribution in [1.29, 1.82) is 0 Å². The quantitative estimate of drug-likeness (QED) is 0.429. The molecule has 0 unspecified atom stereocenters. The normalized spacial score (nSPS) is 12.9. The van der Waals surface area contributed by atoms with Gasteiger partial charge in [0.25, 0.3) is 0 Å². The van der Waals surface area contributed by atoms with Crippen LogP contribution in [0.15, 0.2) is 71.9 Å². The van der Waals surface area contributed by atoms with Crippen LogP contribution in [0.5, 0.6) is 0 Å². The van der Waals surface area contributed by atoms with Gasteiger partial charge < -0.3 is 10.4 Å². The molecule has 0 saturated heterocycles. The predicted molar refractivity (Wildman–Crippen MR) is 126 cm³/mol. The van der Waals surface area contributed by atoms with Crippen molar-refractivity contribution in [3.8, 4) is 0 Å². The summed E-state index contributed by atoms with van der Waals surface area (Å²) in [4.78, 5) is 15.7. The van der Waals surface area contributed by atoms with Crippen molar-refractivity contribution in [2.24, 2.45) is 0 Å². The van der Waals surface area contributed by atoms with Gasteiger partial charge in [0.15, 0.2) is 0 Å². The SMILES string of the molecule is C[C@H](CN[C@@H](Cc1ccccc1)C(=O)O)NS(=O)(=O)c1ccc2cnccc2c1.Cl.Cl. The third kappa shape index (κ3) is 7.45. The lowest BCUT2D eigenvalue weighted by atomic mass is 10.1. The van der Waals surface area contributed by atoms with Crippen LogP contribution >= 0.6 is 24.8 Å². The second kappa shape index (κ2) is 12.0. The van der Waals surface area contributed by atoms with Gasteiger partial charge in [0.2, 0.25) is 10.0 Å². The Morgan fingerprint density at radius 3 is 2.45 bits per heavy atom. The number of carboxylic acid groups (broad SMARTS) is 1. The number of pyridine rings is 1. The number of aliphatic carboxylic acids is 1. The van der Waals surface area contributed by atoms with Crippen LogP contribution < -0.4 is 10.0 Å². The Morgan fingerprint density at radius 2 is 1.77 bits per heavy atom. The van der Waals surface area contributed by atoms with Crippen LogP contribution in [-0.4, -0.2) is 43.1 Å². The second-order valence-corrected chi connectivity index (χ2v) is 8.61.